The highest BCUT2D eigenvalue weighted by Gasteiger charge is 2.31. The summed E-state index contributed by atoms with van der Waals surface area (Å²) in [6, 6.07) is -1.11. The number of hydrogen-bond donors (Lipinski definition) is 6. The van der Waals surface area contributed by atoms with Crippen molar-refractivity contribution in [3.8, 4) is 0 Å². The fourth-order valence-electron chi connectivity index (χ4n) is 6.96. The summed E-state index contributed by atoms with van der Waals surface area (Å²) in [5, 5.41) is 53.9. The van der Waals surface area contributed by atoms with Crippen LogP contribution >= 0.6 is 0 Å². The normalized spacial score (nSPS) is 14.9. The molecule has 0 aliphatic carbocycles. The molecule has 0 aromatic rings. The lowest BCUT2D eigenvalue weighted by molar-refractivity contribution is -0.138. The minimum Gasteiger partial charge on any atom is -0.394 e. The summed E-state index contributed by atoms with van der Waals surface area (Å²) in [6.45, 7) is 3.93. The Bertz CT molecular complexity index is 749. The number of amides is 1. The molecule has 0 aliphatic heterocycles. The third kappa shape index (κ3) is 32.2. The van der Waals surface area contributed by atoms with Crippen LogP contribution in [-0.2, 0) is 4.79 Å². The maximum atomic E-state index is 12.5. The van der Waals surface area contributed by atoms with Crippen LogP contribution in [0.15, 0.2) is 12.2 Å². The largest absolute Gasteiger partial charge is 0.394 e. The topological polar surface area (TPSA) is 130 Å². The molecule has 0 saturated carbocycles. The molecule has 51 heavy (non-hydrogen) atoms. The van der Waals surface area contributed by atoms with E-state index in [4.69, 9.17) is 0 Å². The fourth-order valence-corrected chi connectivity index (χ4v) is 6.96. The lowest BCUT2D eigenvalue weighted by atomic mass is 9.99. The first-order valence-corrected chi connectivity index (χ1v) is 22.2. The minimum absolute atomic E-state index is 0.317. The highest BCUT2D eigenvalue weighted by molar-refractivity contribution is 5.81. The quantitative estimate of drug-likeness (QED) is 0.0275. The van der Waals surface area contributed by atoms with E-state index in [1.807, 2.05) is 0 Å². The number of hydrogen-bond acceptors (Lipinski definition) is 6. The molecule has 0 heterocycles. The van der Waals surface area contributed by atoms with Gasteiger partial charge in [-0.15, -0.1) is 0 Å². The van der Waals surface area contributed by atoms with E-state index in [1.54, 1.807) is 0 Å². The summed E-state index contributed by atoms with van der Waals surface area (Å²) in [4.78, 5) is 12.5. The third-order valence-corrected chi connectivity index (χ3v) is 10.6. The van der Waals surface area contributed by atoms with Gasteiger partial charge in [0.05, 0.1) is 24.9 Å². The number of nitrogens with one attached hydrogen (secondary N) is 1. The zero-order valence-corrected chi connectivity index (χ0v) is 33.7. The number of unbranched alkanes of at least 4 members (excludes halogenated alkanes) is 28. The molecular weight excluding hydrogens is 638 g/mol. The van der Waals surface area contributed by atoms with Crippen molar-refractivity contribution in [1.29, 1.82) is 0 Å². The predicted molar refractivity (Wildman–Crippen MR) is 216 cm³/mol. The summed E-state index contributed by atoms with van der Waals surface area (Å²) in [7, 11) is 0. The van der Waals surface area contributed by atoms with Crippen LogP contribution in [0, 0.1) is 0 Å². The van der Waals surface area contributed by atoms with Gasteiger partial charge in [0.25, 0.3) is 5.91 Å². The standard InChI is InChI=1S/C44H87NO6/c1-3-5-7-9-11-13-15-17-18-19-20-21-22-23-24-25-27-29-31-33-35-37-41(48)43(50)44(51)45-39(38-46)42(49)40(47)36-34-32-30-28-26-16-14-12-10-8-6-4-2/h14,16,39-43,46-50H,3-13,15,17-38H2,1-2H3,(H,45,51)/b16-14+/t39-,40+,41?,42-,43?/m0/s1. The number of carbonyl (C=O) groups excluding carboxylic acids is 1. The zero-order valence-electron chi connectivity index (χ0n) is 33.7. The van der Waals surface area contributed by atoms with Gasteiger partial charge in [-0.3, -0.25) is 4.79 Å². The van der Waals surface area contributed by atoms with E-state index < -0.39 is 43.0 Å². The second kappa shape index (κ2) is 38.7. The van der Waals surface area contributed by atoms with Gasteiger partial charge in [0.15, 0.2) is 6.10 Å². The van der Waals surface area contributed by atoms with Crippen molar-refractivity contribution >= 4 is 5.91 Å². The summed E-state index contributed by atoms with van der Waals surface area (Å²) >= 11 is 0. The monoisotopic (exact) mass is 726 g/mol. The zero-order chi connectivity index (χ0) is 37.6. The average molecular weight is 726 g/mol. The first kappa shape index (κ1) is 50.0. The lowest BCUT2D eigenvalue weighted by Gasteiger charge is -2.28. The van der Waals surface area contributed by atoms with Gasteiger partial charge in [-0.25, -0.2) is 0 Å². The van der Waals surface area contributed by atoms with Gasteiger partial charge in [-0.1, -0.05) is 199 Å². The summed E-state index contributed by atoms with van der Waals surface area (Å²) < 4.78 is 0. The van der Waals surface area contributed by atoms with Crippen molar-refractivity contribution in [3.63, 3.8) is 0 Å². The Morgan fingerprint density at radius 2 is 0.784 bits per heavy atom. The van der Waals surface area contributed by atoms with Gasteiger partial charge in [-0.2, -0.15) is 0 Å². The van der Waals surface area contributed by atoms with E-state index in [2.05, 4.69) is 31.3 Å². The molecule has 7 heteroatoms. The molecule has 0 bridgehead atoms. The van der Waals surface area contributed by atoms with Crippen molar-refractivity contribution in [2.75, 3.05) is 6.61 Å². The molecule has 5 atom stereocenters. The van der Waals surface area contributed by atoms with E-state index in [-0.39, 0.29) is 0 Å². The second-order valence-electron chi connectivity index (χ2n) is 15.5. The number of carbonyl (C=O) groups is 1. The lowest BCUT2D eigenvalue weighted by Crippen LogP contribution is -2.54. The van der Waals surface area contributed by atoms with E-state index in [0.717, 1.165) is 57.8 Å². The van der Waals surface area contributed by atoms with E-state index in [9.17, 15) is 30.3 Å². The van der Waals surface area contributed by atoms with Gasteiger partial charge >= 0.3 is 0 Å². The third-order valence-electron chi connectivity index (χ3n) is 10.6. The first-order valence-electron chi connectivity index (χ1n) is 22.2. The van der Waals surface area contributed by atoms with Crippen LogP contribution < -0.4 is 5.32 Å². The van der Waals surface area contributed by atoms with Crippen molar-refractivity contribution in [2.24, 2.45) is 0 Å². The van der Waals surface area contributed by atoms with Gasteiger partial charge in [0, 0.05) is 0 Å². The highest BCUT2D eigenvalue weighted by atomic mass is 16.3. The molecule has 0 rings (SSSR count). The molecule has 0 fully saturated rings. The van der Waals surface area contributed by atoms with Crippen molar-refractivity contribution < 1.29 is 30.3 Å². The molecule has 6 N–H and O–H groups in total. The number of aliphatic hydroxyl groups excluding tert-OH is 5. The molecule has 0 aliphatic rings. The first-order chi connectivity index (χ1) is 24.9. The molecule has 0 aromatic carbocycles. The van der Waals surface area contributed by atoms with Gasteiger partial charge < -0.3 is 30.8 Å². The molecular formula is C44H87NO6. The number of rotatable bonds is 40. The molecule has 0 saturated heterocycles. The average Bonchev–Trinajstić information content (AvgIpc) is 3.13. The predicted octanol–water partition coefficient (Wildman–Crippen LogP) is 10.4. The Labute approximate surface area is 315 Å². The van der Waals surface area contributed by atoms with Crippen LogP contribution in [0.2, 0.25) is 0 Å². The molecule has 0 spiro atoms. The van der Waals surface area contributed by atoms with E-state index in [0.29, 0.717) is 12.8 Å². The Hall–Kier alpha value is -0.990. The van der Waals surface area contributed by atoms with Gasteiger partial charge in [0.2, 0.25) is 0 Å². The van der Waals surface area contributed by atoms with Crippen LogP contribution in [0.5, 0.6) is 0 Å². The van der Waals surface area contributed by atoms with Crippen molar-refractivity contribution in [3.05, 3.63) is 12.2 Å². The number of aliphatic hydroxyl groups is 5. The molecule has 304 valence electrons. The molecule has 0 radical (unpaired) electrons. The van der Waals surface area contributed by atoms with Gasteiger partial charge in [0.1, 0.15) is 6.10 Å². The Morgan fingerprint density at radius 1 is 0.471 bits per heavy atom. The molecule has 2 unspecified atom stereocenters. The SMILES string of the molecule is CCCCCC/C=C/CCCCCC[C@@H](O)[C@@H](O)[C@H](CO)NC(=O)C(O)C(O)CCCCCCCCCCCCCCCCCCCCCCC. The Kier molecular flexibility index (Phi) is 38.0. The van der Waals surface area contributed by atoms with Crippen LogP contribution in [0.1, 0.15) is 226 Å². The summed E-state index contributed by atoms with van der Waals surface area (Å²) in [5.41, 5.74) is 0. The maximum Gasteiger partial charge on any atom is 0.251 e. The van der Waals surface area contributed by atoms with Crippen LogP contribution in [0.3, 0.4) is 0 Å². The van der Waals surface area contributed by atoms with Crippen LogP contribution in [0.4, 0.5) is 0 Å². The van der Waals surface area contributed by atoms with Crippen molar-refractivity contribution in [2.45, 2.75) is 256 Å². The van der Waals surface area contributed by atoms with Crippen LogP contribution in [-0.4, -0.2) is 68.5 Å². The smallest absolute Gasteiger partial charge is 0.251 e. The summed E-state index contributed by atoms with van der Waals surface area (Å²) in [5.74, 6) is -0.838. The summed E-state index contributed by atoms with van der Waals surface area (Å²) in [6.07, 6.45) is 38.5. The van der Waals surface area contributed by atoms with Crippen molar-refractivity contribution in [1.82, 2.24) is 5.32 Å². The van der Waals surface area contributed by atoms with E-state index in [1.165, 1.54) is 141 Å². The van der Waals surface area contributed by atoms with E-state index >= 15 is 0 Å². The van der Waals surface area contributed by atoms with Gasteiger partial charge in [-0.05, 0) is 38.5 Å². The number of allylic oxidation sites excluding steroid dienone is 2. The maximum absolute atomic E-state index is 12.5. The fraction of sp³-hybridized carbons (Fsp3) is 0.932. The Morgan fingerprint density at radius 3 is 1.16 bits per heavy atom. The molecule has 0 aromatic heterocycles. The second-order valence-corrected chi connectivity index (χ2v) is 15.5. The minimum atomic E-state index is -1.64. The van der Waals surface area contributed by atoms with Crippen LogP contribution in [0.25, 0.3) is 0 Å². The Balaban J connectivity index is 3.79. The highest BCUT2D eigenvalue weighted by Crippen LogP contribution is 2.17. The molecule has 1 amide bonds. The molecule has 7 nitrogen and oxygen atoms in total.